The first-order valence-electron chi connectivity index (χ1n) is 8.94. The highest BCUT2D eigenvalue weighted by Crippen LogP contribution is 2.30. The second-order valence-electron chi connectivity index (χ2n) is 6.20. The van der Waals surface area contributed by atoms with Crippen molar-refractivity contribution in [2.24, 2.45) is 0 Å². The number of carbonyl (C=O) groups excluding carboxylic acids is 1. The summed E-state index contributed by atoms with van der Waals surface area (Å²) in [4.78, 5) is 13.4. The molecule has 2 rings (SSSR count). The molecule has 1 N–H and O–H groups in total. The number of halogens is 3. The molecule has 1 aromatic carbocycles. The number of hydrogen-bond donors (Lipinski definition) is 1. The highest BCUT2D eigenvalue weighted by Gasteiger charge is 2.33. The molecule has 0 aromatic heterocycles. The van der Waals surface area contributed by atoms with Gasteiger partial charge in [0.25, 0.3) is 0 Å². The van der Waals surface area contributed by atoms with Gasteiger partial charge < -0.3 is 15.0 Å². The lowest BCUT2D eigenvalue weighted by molar-refractivity contribution is -0.137. The first-order chi connectivity index (χ1) is 13.2. The Kier molecular flexibility index (Phi) is 7.67. The predicted molar refractivity (Wildman–Crippen MR) is 96.3 cm³/mol. The zero-order chi connectivity index (χ0) is 20.8. The molecule has 0 bridgehead atoms. The molecule has 1 heterocycles. The molecular weight excluding hydrogens is 399 g/mol. The Bertz CT molecular complexity index is 746. The number of urea groups is 1. The van der Waals surface area contributed by atoms with Gasteiger partial charge in [0.05, 0.1) is 10.5 Å². The zero-order valence-corrected chi connectivity index (χ0v) is 16.4. The van der Waals surface area contributed by atoms with Crippen molar-refractivity contribution in [1.29, 1.82) is 0 Å². The Balaban J connectivity index is 1.88. The van der Waals surface area contributed by atoms with E-state index in [-0.39, 0.29) is 37.1 Å². The lowest BCUT2D eigenvalue weighted by Gasteiger charge is -2.34. The van der Waals surface area contributed by atoms with Gasteiger partial charge in [-0.15, -0.1) is 0 Å². The van der Waals surface area contributed by atoms with E-state index >= 15 is 0 Å². The standard InChI is InChI=1S/C17H24F3N3O4S/c1-2-27-13-3-8-21-16(24)22-9-11-23(12-10-22)28(25,26)15-6-4-14(5-7-15)17(18,19)20/h4-7H,2-3,8-13H2,1H3,(H,21,24). The van der Waals surface area contributed by atoms with Crippen LogP contribution in [-0.4, -0.2) is 69.6 Å². The maximum absolute atomic E-state index is 12.6. The molecule has 0 radical (unpaired) electrons. The van der Waals surface area contributed by atoms with Crippen LogP contribution in [0.2, 0.25) is 0 Å². The minimum Gasteiger partial charge on any atom is -0.382 e. The van der Waals surface area contributed by atoms with E-state index in [1.165, 1.54) is 9.21 Å². The topological polar surface area (TPSA) is 79.0 Å². The summed E-state index contributed by atoms with van der Waals surface area (Å²) in [7, 11) is -3.91. The number of piperazine rings is 1. The Labute approximate surface area is 162 Å². The van der Waals surface area contributed by atoms with Crippen LogP contribution in [0.25, 0.3) is 0 Å². The van der Waals surface area contributed by atoms with Crippen LogP contribution in [0.15, 0.2) is 29.2 Å². The lowest BCUT2D eigenvalue weighted by Crippen LogP contribution is -2.53. The fourth-order valence-electron chi connectivity index (χ4n) is 2.72. The number of amides is 2. The highest BCUT2D eigenvalue weighted by atomic mass is 32.2. The van der Waals surface area contributed by atoms with Crippen LogP contribution in [0.3, 0.4) is 0 Å². The maximum atomic E-state index is 12.6. The molecule has 0 atom stereocenters. The maximum Gasteiger partial charge on any atom is 0.416 e. The minimum absolute atomic E-state index is 0.0791. The average molecular weight is 423 g/mol. The number of benzene rings is 1. The average Bonchev–Trinajstić information content (AvgIpc) is 2.67. The summed E-state index contributed by atoms with van der Waals surface area (Å²) in [5.74, 6) is 0. The van der Waals surface area contributed by atoms with Crippen molar-refractivity contribution < 1.29 is 31.1 Å². The molecule has 0 aliphatic carbocycles. The van der Waals surface area contributed by atoms with E-state index in [0.717, 1.165) is 24.3 Å². The summed E-state index contributed by atoms with van der Waals surface area (Å²) >= 11 is 0. The van der Waals surface area contributed by atoms with Crippen molar-refractivity contribution in [1.82, 2.24) is 14.5 Å². The first-order valence-corrected chi connectivity index (χ1v) is 10.4. The minimum atomic E-state index is -4.52. The Morgan fingerprint density at radius 2 is 1.75 bits per heavy atom. The van der Waals surface area contributed by atoms with Gasteiger partial charge in [0, 0.05) is 45.9 Å². The van der Waals surface area contributed by atoms with Gasteiger partial charge in [-0.25, -0.2) is 13.2 Å². The van der Waals surface area contributed by atoms with E-state index in [2.05, 4.69) is 5.32 Å². The van der Waals surface area contributed by atoms with Gasteiger partial charge in [0.2, 0.25) is 10.0 Å². The molecule has 2 amide bonds. The number of carbonyl (C=O) groups is 1. The number of hydrogen-bond acceptors (Lipinski definition) is 4. The third-order valence-corrected chi connectivity index (χ3v) is 6.20. The highest BCUT2D eigenvalue weighted by molar-refractivity contribution is 7.89. The second-order valence-corrected chi connectivity index (χ2v) is 8.13. The largest absolute Gasteiger partial charge is 0.416 e. The SMILES string of the molecule is CCOCCCNC(=O)N1CCN(S(=O)(=O)c2ccc(C(F)(F)F)cc2)CC1. The number of nitrogens with zero attached hydrogens (tertiary/aromatic N) is 2. The summed E-state index contributed by atoms with van der Waals surface area (Å²) in [6.45, 7) is 4.08. The summed E-state index contributed by atoms with van der Waals surface area (Å²) in [5.41, 5.74) is -0.905. The van der Waals surface area contributed by atoms with E-state index in [1.807, 2.05) is 6.92 Å². The fourth-order valence-corrected chi connectivity index (χ4v) is 4.14. The van der Waals surface area contributed by atoms with Crippen molar-refractivity contribution in [3.63, 3.8) is 0 Å². The summed E-state index contributed by atoms with van der Waals surface area (Å²) in [5, 5.41) is 2.75. The van der Waals surface area contributed by atoms with E-state index in [9.17, 15) is 26.4 Å². The molecule has 0 unspecified atom stereocenters. The van der Waals surface area contributed by atoms with E-state index < -0.39 is 21.8 Å². The van der Waals surface area contributed by atoms with Gasteiger partial charge in [0.1, 0.15) is 0 Å². The number of nitrogens with one attached hydrogen (secondary N) is 1. The zero-order valence-electron chi connectivity index (χ0n) is 15.5. The molecule has 1 aromatic rings. The molecule has 1 aliphatic rings. The molecule has 28 heavy (non-hydrogen) atoms. The molecule has 1 fully saturated rings. The number of sulfonamides is 1. The quantitative estimate of drug-likeness (QED) is 0.682. The van der Waals surface area contributed by atoms with Gasteiger partial charge in [-0.1, -0.05) is 0 Å². The number of ether oxygens (including phenoxy) is 1. The van der Waals surface area contributed by atoms with Gasteiger partial charge >= 0.3 is 12.2 Å². The van der Waals surface area contributed by atoms with Gasteiger partial charge in [-0.2, -0.15) is 17.5 Å². The van der Waals surface area contributed by atoms with Crippen LogP contribution in [0.1, 0.15) is 18.9 Å². The van der Waals surface area contributed by atoms with Crippen molar-refractivity contribution >= 4 is 16.1 Å². The Morgan fingerprint density at radius 1 is 1.14 bits per heavy atom. The summed E-state index contributed by atoms with van der Waals surface area (Å²) in [6, 6.07) is 3.13. The Morgan fingerprint density at radius 3 is 2.29 bits per heavy atom. The van der Waals surface area contributed by atoms with E-state index in [4.69, 9.17) is 4.74 Å². The van der Waals surface area contributed by atoms with Crippen LogP contribution in [-0.2, 0) is 20.9 Å². The lowest BCUT2D eigenvalue weighted by atomic mass is 10.2. The molecular formula is C17H24F3N3O4S. The molecule has 11 heteroatoms. The first kappa shape index (κ1) is 22.4. The third kappa shape index (κ3) is 5.82. The second kappa shape index (κ2) is 9.57. The van der Waals surface area contributed by atoms with E-state index in [1.54, 1.807) is 0 Å². The Hall–Kier alpha value is -1.85. The van der Waals surface area contributed by atoms with Gasteiger partial charge in [-0.3, -0.25) is 0 Å². The summed E-state index contributed by atoms with van der Waals surface area (Å²) in [6.07, 6.45) is -3.84. The van der Waals surface area contributed by atoms with Crippen molar-refractivity contribution in [2.75, 3.05) is 45.9 Å². The van der Waals surface area contributed by atoms with Crippen LogP contribution in [0, 0.1) is 0 Å². The van der Waals surface area contributed by atoms with Crippen molar-refractivity contribution in [3.8, 4) is 0 Å². The molecule has 0 spiro atoms. The smallest absolute Gasteiger partial charge is 0.382 e. The normalized spacial score (nSPS) is 16.2. The molecule has 158 valence electrons. The van der Waals surface area contributed by atoms with Crippen LogP contribution < -0.4 is 5.32 Å². The monoisotopic (exact) mass is 423 g/mol. The predicted octanol–water partition coefficient (Wildman–Crippen LogP) is 2.15. The molecule has 0 saturated carbocycles. The third-order valence-electron chi connectivity index (χ3n) is 4.29. The molecule has 1 saturated heterocycles. The fraction of sp³-hybridized carbons (Fsp3) is 0.588. The molecule has 1 aliphatic heterocycles. The van der Waals surface area contributed by atoms with Crippen LogP contribution >= 0.6 is 0 Å². The van der Waals surface area contributed by atoms with Crippen molar-refractivity contribution in [3.05, 3.63) is 29.8 Å². The van der Waals surface area contributed by atoms with E-state index in [0.29, 0.717) is 26.2 Å². The van der Waals surface area contributed by atoms with Crippen LogP contribution in [0.5, 0.6) is 0 Å². The van der Waals surface area contributed by atoms with Gasteiger partial charge in [0.15, 0.2) is 0 Å². The van der Waals surface area contributed by atoms with Crippen LogP contribution in [0.4, 0.5) is 18.0 Å². The molecule has 7 nitrogen and oxygen atoms in total. The number of rotatable bonds is 7. The summed E-state index contributed by atoms with van der Waals surface area (Å²) < 4.78 is 69.5. The van der Waals surface area contributed by atoms with Gasteiger partial charge in [-0.05, 0) is 37.6 Å². The van der Waals surface area contributed by atoms with Crippen molar-refractivity contribution in [2.45, 2.75) is 24.4 Å². The number of alkyl halides is 3.